The lowest BCUT2D eigenvalue weighted by Crippen LogP contribution is -2.12. The maximum Gasteiger partial charge on any atom is 0.255 e. The predicted octanol–water partition coefficient (Wildman–Crippen LogP) is 4.48. The van der Waals surface area contributed by atoms with Crippen LogP contribution in [0.5, 0.6) is 0 Å². The number of nitrogen functional groups attached to an aromatic ring is 1. The number of halogens is 3. The maximum atomic E-state index is 12.0. The molecule has 0 spiro atoms. The predicted molar refractivity (Wildman–Crippen MR) is 80.3 cm³/mol. The Hall–Kier alpha value is -1.42. The monoisotopic (exact) mass is 314 g/mol. The molecule has 0 saturated heterocycles. The normalized spacial score (nSPS) is 10.3. The third kappa shape index (κ3) is 3.32. The third-order valence-corrected chi connectivity index (χ3v) is 3.49. The van der Waals surface area contributed by atoms with E-state index in [0.717, 1.165) is 0 Å². The van der Waals surface area contributed by atoms with E-state index >= 15 is 0 Å². The summed E-state index contributed by atoms with van der Waals surface area (Å²) >= 11 is 17.6. The number of amides is 1. The number of rotatable bonds is 2. The van der Waals surface area contributed by atoms with E-state index in [2.05, 4.69) is 5.32 Å². The molecule has 19 heavy (non-hydrogen) atoms. The smallest absolute Gasteiger partial charge is 0.255 e. The molecule has 0 aliphatic rings. The van der Waals surface area contributed by atoms with E-state index in [9.17, 15) is 4.79 Å². The Balaban J connectivity index is 2.25. The average Bonchev–Trinajstić information content (AvgIpc) is 2.37. The van der Waals surface area contributed by atoms with Crippen molar-refractivity contribution in [2.75, 3.05) is 11.1 Å². The number of hydrogen-bond donors (Lipinski definition) is 2. The van der Waals surface area contributed by atoms with Gasteiger partial charge in [-0.25, -0.2) is 0 Å². The van der Waals surface area contributed by atoms with Gasteiger partial charge in [-0.1, -0.05) is 34.8 Å². The van der Waals surface area contributed by atoms with Crippen LogP contribution in [-0.2, 0) is 0 Å². The van der Waals surface area contributed by atoms with Crippen molar-refractivity contribution in [1.29, 1.82) is 0 Å². The minimum atomic E-state index is -0.342. The highest BCUT2D eigenvalue weighted by molar-refractivity contribution is 6.42. The summed E-state index contributed by atoms with van der Waals surface area (Å²) < 4.78 is 0. The van der Waals surface area contributed by atoms with Crippen LogP contribution in [0.4, 0.5) is 11.4 Å². The molecule has 0 unspecified atom stereocenters. The molecule has 2 aromatic carbocycles. The molecule has 0 heterocycles. The quantitative estimate of drug-likeness (QED) is 0.803. The molecule has 98 valence electrons. The second kappa shape index (κ2) is 5.70. The SMILES string of the molecule is Nc1ccc(Cl)c(NC(=O)c2ccc(Cl)c(Cl)c2)c1. The fraction of sp³-hybridized carbons (Fsp3) is 0. The van der Waals surface area contributed by atoms with Crippen LogP contribution in [0, 0.1) is 0 Å². The molecule has 0 atom stereocenters. The standard InChI is InChI=1S/C13H9Cl3N2O/c14-9-3-1-7(5-11(9)16)13(19)18-12-6-8(17)2-4-10(12)15/h1-6H,17H2,(H,18,19). The fourth-order valence-corrected chi connectivity index (χ4v) is 1.93. The van der Waals surface area contributed by atoms with Crippen LogP contribution in [0.15, 0.2) is 36.4 Å². The van der Waals surface area contributed by atoms with Crippen molar-refractivity contribution in [3.8, 4) is 0 Å². The summed E-state index contributed by atoms with van der Waals surface area (Å²) in [6, 6.07) is 9.46. The van der Waals surface area contributed by atoms with Crippen molar-refractivity contribution >= 4 is 52.1 Å². The highest BCUT2D eigenvalue weighted by atomic mass is 35.5. The van der Waals surface area contributed by atoms with Gasteiger partial charge in [0, 0.05) is 11.3 Å². The van der Waals surface area contributed by atoms with Crippen molar-refractivity contribution in [3.05, 3.63) is 57.0 Å². The Bertz CT molecular complexity index is 644. The molecule has 6 heteroatoms. The summed E-state index contributed by atoms with van der Waals surface area (Å²) in [6.45, 7) is 0. The van der Waals surface area contributed by atoms with Gasteiger partial charge in [0.05, 0.1) is 20.8 Å². The summed E-state index contributed by atoms with van der Waals surface area (Å²) in [6.07, 6.45) is 0. The number of nitrogens with two attached hydrogens (primary N) is 1. The molecule has 0 saturated carbocycles. The largest absolute Gasteiger partial charge is 0.399 e. The second-order valence-corrected chi connectivity index (χ2v) is 5.04. The van der Waals surface area contributed by atoms with Crippen molar-refractivity contribution in [3.63, 3.8) is 0 Å². The van der Waals surface area contributed by atoms with Gasteiger partial charge in [-0.3, -0.25) is 4.79 Å². The topological polar surface area (TPSA) is 55.1 Å². The van der Waals surface area contributed by atoms with Gasteiger partial charge in [-0.2, -0.15) is 0 Å². The van der Waals surface area contributed by atoms with Gasteiger partial charge < -0.3 is 11.1 Å². The highest BCUT2D eigenvalue weighted by Crippen LogP contribution is 2.26. The minimum absolute atomic E-state index is 0.313. The molecular weight excluding hydrogens is 307 g/mol. The number of carbonyl (C=O) groups excluding carboxylic acids is 1. The van der Waals surface area contributed by atoms with Crippen LogP contribution in [0.2, 0.25) is 15.1 Å². The van der Waals surface area contributed by atoms with Crippen LogP contribution >= 0.6 is 34.8 Å². The van der Waals surface area contributed by atoms with Gasteiger partial charge in [-0.15, -0.1) is 0 Å². The van der Waals surface area contributed by atoms with Gasteiger partial charge in [0.25, 0.3) is 5.91 Å². The lowest BCUT2D eigenvalue weighted by Gasteiger charge is -2.08. The lowest BCUT2D eigenvalue weighted by atomic mass is 10.2. The van der Waals surface area contributed by atoms with Crippen LogP contribution < -0.4 is 11.1 Å². The molecule has 0 bridgehead atoms. The zero-order chi connectivity index (χ0) is 14.0. The van der Waals surface area contributed by atoms with E-state index in [-0.39, 0.29) is 5.91 Å². The first kappa shape index (κ1) is 14.0. The second-order valence-electron chi connectivity index (χ2n) is 3.82. The zero-order valence-corrected chi connectivity index (χ0v) is 11.9. The Labute approximate surface area is 125 Å². The van der Waals surface area contributed by atoms with Gasteiger partial charge in [-0.05, 0) is 36.4 Å². The van der Waals surface area contributed by atoms with E-state index in [0.29, 0.717) is 32.0 Å². The minimum Gasteiger partial charge on any atom is -0.399 e. The molecule has 0 aliphatic heterocycles. The number of benzene rings is 2. The Morgan fingerprint density at radius 2 is 1.63 bits per heavy atom. The van der Waals surface area contributed by atoms with Crippen molar-refractivity contribution in [2.45, 2.75) is 0 Å². The van der Waals surface area contributed by atoms with Gasteiger partial charge in [0.1, 0.15) is 0 Å². The molecule has 2 rings (SSSR count). The molecule has 2 aromatic rings. The van der Waals surface area contributed by atoms with E-state index in [4.69, 9.17) is 40.5 Å². The molecule has 3 nitrogen and oxygen atoms in total. The number of nitrogens with one attached hydrogen (secondary N) is 1. The summed E-state index contributed by atoms with van der Waals surface area (Å²) in [4.78, 5) is 12.0. The maximum absolute atomic E-state index is 12.0. The zero-order valence-electron chi connectivity index (χ0n) is 9.58. The molecule has 0 fully saturated rings. The Morgan fingerprint density at radius 3 is 2.32 bits per heavy atom. The van der Waals surface area contributed by atoms with Crippen LogP contribution in [-0.4, -0.2) is 5.91 Å². The molecule has 3 N–H and O–H groups in total. The molecule has 0 aliphatic carbocycles. The first-order chi connectivity index (χ1) is 8.97. The first-order valence-electron chi connectivity index (χ1n) is 5.29. The average molecular weight is 316 g/mol. The van der Waals surface area contributed by atoms with E-state index in [1.807, 2.05) is 0 Å². The first-order valence-corrected chi connectivity index (χ1v) is 6.42. The van der Waals surface area contributed by atoms with Crippen molar-refractivity contribution < 1.29 is 4.79 Å². The van der Waals surface area contributed by atoms with Crippen molar-refractivity contribution in [1.82, 2.24) is 0 Å². The van der Waals surface area contributed by atoms with E-state index in [1.54, 1.807) is 30.3 Å². The molecule has 1 amide bonds. The van der Waals surface area contributed by atoms with Gasteiger partial charge in [0.2, 0.25) is 0 Å². The van der Waals surface area contributed by atoms with E-state index in [1.165, 1.54) is 6.07 Å². The summed E-state index contributed by atoms with van der Waals surface area (Å²) in [5, 5.41) is 3.77. The Morgan fingerprint density at radius 1 is 0.947 bits per heavy atom. The molecular formula is C13H9Cl3N2O. The fourth-order valence-electron chi connectivity index (χ4n) is 1.47. The summed E-state index contributed by atoms with van der Waals surface area (Å²) in [7, 11) is 0. The third-order valence-electron chi connectivity index (χ3n) is 2.42. The van der Waals surface area contributed by atoms with Gasteiger partial charge >= 0.3 is 0 Å². The van der Waals surface area contributed by atoms with Crippen LogP contribution in [0.3, 0.4) is 0 Å². The lowest BCUT2D eigenvalue weighted by molar-refractivity contribution is 0.102. The van der Waals surface area contributed by atoms with Crippen LogP contribution in [0.1, 0.15) is 10.4 Å². The number of hydrogen-bond acceptors (Lipinski definition) is 2. The molecule has 0 aromatic heterocycles. The number of anilines is 2. The molecule has 0 radical (unpaired) electrons. The van der Waals surface area contributed by atoms with E-state index < -0.39 is 0 Å². The summed E-state index contributed by atoms with van der Waals surface area (Å²) in [5.41, 5.74) is 6.97. The van der Waals surface area contributed by atoms with Crippen molar-refractivity contribution in [2.24, 2.45) is 0 Å². The highest BCUT2D eigenvalue weighted by Gasteiger charge is 2.10. The summed E-state index contributed by atoms with van der Waals surface area (Å²) in [5.74, 6) is -0.342. The van der Waals surface area contributed by atoms with Crippen LogP contribution in [0.25, 0.3) is 0 Å². The Kier molecular flexibility index (Phi) is 4.20. The van der Waals surface area contributed by atoms with Gasteiger partial charge in [0.15, 0.2) is 0 Å². The number of carbonyl (C=O) groups is 1.